The minimum absolute atomic E-state index is 0.681. The topological polar surface area (TPSA) is 36.0 Å². The summed E-state index contributed by atoms with van der Waals surface area (Å²) in [5.41, 5.74) is 1.49. The van der Waals surface area contributed by atoms with Crippen molar-refractivity contribution in [1.29, 1.82) is 0 Å². The van der Waals surface area contributed by atoms with Crippen molar-refractivity contribution in [2.45, 2.75) is 95.5 Å². The van der Waals surface area contributed by atoms with Gasteiger partial charge in [0, 0.05) is 11.2 Å². The molecule has 1 aliphatic rings. The molecule has 2 nitrogen and oxygen atoms in total. The zero-order chi connectivity index (χ0) is 17.4. The van der Waals surface area contributed by atoms with E-state index >= 15 is 0 Å². The average molecular weight is 342 g/mol. The molecule has 3 rings (SSSR count). The van der Waals surface area contributed by atoms with Crippen LogP contribution in [0.1, 0.15) is 95.6 Å². The van der Waals surface area contributed by atoms with Crippen LogP contribution in [0.5, 0.6) is 0 Å². The van der Waals surface area contributed by atoms with Crippen molar-refractivity contribution in [3.63, 3.8) is 0 Å². The number of aromatic amines is 1. The van der Waals surface area contributed by atoms with Gasteiger partial charge in [-0.3, -0.25) is 0 Å². The standard InChI is InChI=1S/C23H35NO/c25-23(22-19-20-15-11-12-16-21(20)24-22)17-13-9-7-5-3-1-2-4-6-8-10-14-18-23/h11-12,15-16,19,24-25H,1-10,13-14,17-18H2. The molecule has 138 valence electrons. The summed E-state index contributed by atoms with van der Waals surface area (Å²) in [6, 6.07) is 10.5. The van der Waals surface area contributed by atoms with E-state index in [1.165, 1.54) is 69.6 Å². The van der Waals surface area contributed by atoms with Crippen LogP contribution >= 0.6 is 0 Å². The minimum Gasteiger partial charge on any atom is -0.384 e. The summed E-state index contributed by atoms with van der Waals surface area (Å²) in [7, 11) is 0. The summed E-state index contributed by atoms with van der Waals surface area (Å²) in [6.07, 6.45) is 17.5. The van der Waals surface area contributed by atoms with E-state index < -0.39 is 5.60 Å². The molecule has 0 unspecified atom stereocenters. The molecule has 2 heteroatoms. The molecule has 0 amide bonds. The predicted octanol–water partition coefficient (Wildman–Crippen LogP) is 6.83. The Balaban J connectivity index is 1.69. The van der Waals surface area contributed by atoms with Crippen LogP contribution in [0.15, 0.2) is 30.3 Å². The molecule has 0 bridgehead atoms. The van der Waals surface area contributed by atoms with Gasteiger partial charge < -0.3 is 10.1 Å². The van der Waals surface area contributed by atoms with Crippen molar-refractivity contribution in [3.8, 4) is 0 Å². The summed E-state index contributed by atoms with van der Waals surface area (Å²) in [5, 5.41) is 12.7. The molecule has 2 aromatic rings. The number of hydrogen-bond donors (Lipinski definition) is 2. The smallest absolute Gasteiger partial charge is 0.104 e. The van der Waals surface area contributed by atoms with E-state index in [1.807, 2.05) is 0 Å². The monoisotopic (exact) mass is 341 g/mol. The van der Waals surface area contributed by atoms with Gasteiger partial charge in [0.25, 0.3) is 0 Å². The second kappa shape index (κ2) is 9.43. The summed E-state index contributed by atoms with van der Waals surface area (Å²) in [4.78, 5) is 3.50. The van der Waals surface area contributed by atoms with Crippen molar-refractivity contribution in [2.75, 3.05) is 0 Å². The van der Waals surface area contributed by atoms with Crippen LogP contribution in [0.4, 0.5) is 0 Å². The van der Waals surface area contributed by atoms with Crippen molar-refractivity contribution >= 4 is 10.9 Å². The second-order valence-electron chi connectivity index (χ2n) is 8.04. The number of nitrogens with one attached hydrogen (secondary N) is 1. The van der Waals surface area contributed by atoms with E-state index in [2.05, 4.69) is 35.3 Å². The lowest BCUT2D eigenvalue weighted by atomic mass is 9.87. The van der Waals surface area contributed by atoms with Crippen LogP contribution in [0.2, 0.25) is 0 Å². The molecule has 1 aliphatic carbocycles. The van der Waals surface area contributed by atoms with Gasteiger partial charge in [0.2, 0.25) is 0 Å². The molecule has 0 atom stereocenters. The molecule has 1 fully saturated rings. The Labute approximate surface area is 153 Å². The highest BCUT2D eigenvalue weighted by Gasteiger charge is 2.30. The Kier molecular flexibility index (Phi) is 6.98. The third-order valence-corrected chi connectivity index (χ3v) is 5.96. The maximum absolute atomic E-state index is 11.5. The van der Waals surface area contributed by atoms with Gasteiger partial charge in [-0.05, 0) is 30.4 Å². The first-order chi connectivity index (χ1) is 12.3. The number of aliphatic hydroxyl groups is 1. The normalized spacial score (nSPS) is 21.5. The van der Waals surface area contributed by atoms with E-state index in [4.69, 9.17) is 0 Å². The Morgan fingerprint density at radius 2 is 1.16 bits per heavy atom. The summed E-state index contributed by atoms with van der Waals surface area (Å²) < 4.78 is 0. The summed E-state index contributed by atoms with van der Waals surface area (Å²) in [5.74, 6) is 0. The van der Waals surface area contributed by atoms with Crippen LogP contribution in [-0.2, 0) is 5.60 Å². The highest BCUT2D eigenvalue weighted by atomic mass is 16.3. The Hall–Kier alpha value is -1.28. The van der Waals surface area contributed by atoms with Crippen molar-refractivity contribution in [3.05, 3.63) is 36.0 Å². The first-order valence-electron chi connectivity index (χ1n) is 10.6. The number of aromatic nitrogens is 1. The van der Waals surface area contributed by atoms with Crippen LogP contribution < -0.4 is 0 Å². The fourth-order valence-corrected chi connectivity index (χ4v) is 4.32. The Bertz CT molecular complexity index is 581. The number of fused-ring (bicyclic) bond motifs is 1. The fraction of sp³-hybridized carbons (Fsp3) is 0.652. The molecule has 1 heterocycles. The molecule has 0 saturated heterocycles. The first kappa shape index (κ1) is 18.5. The predicted molar refractivity (Wildman–Crippen MR) is 107 cm³/mol. The van der Waals surface area contributed by atoms with Crippen LogP contribution in [0.3, 0.4) is 0 Å². The fourth-order valence-electron chi connectivity index (χ4n) is 4.32. The molecule has 2 N–H and O–H groups in total. The van der Waals surface area contributed by atoms with Gasteiger partial charge in [0.1, 0.15) is 5.60 Å². The van der Waals surface area contributed by atoms with Gasteiger partial charge >= 0.3 is 0 Å². The number of para-hydroxylation sites is 1. The van der Waals surface area contributed by atoms with E-state index in [1.54, 1.807) is 0 Å². The molecular formula is C23H35NO. The Morgan fingerprint density at radius 1 is 0.680 bits per heavy atom. The molecule has 1 saturated carbocycles. The SMILES string of the molecule is OC1(c2cc3ccccc3[nH]2)CCCCCCCCCCCCCC1. The van der Waals surface area contributed by atoms with E-state index in [-0.39, 0.29) is 0 Å². The van der Waals surface area contributed by atoms with E-state index in [0.29, 0.717) is 0 Å². The molecule has 1 aromatic carbocycles. The van der Waals surface area contributed by atoms with Gasteiger partial charge in [-0.15, -0.1) is 0 Å². The van der Waals surface area contributed by atoms with Crippen molar-refractivity contribution in [2.24, 2.45) is 0 Å². The second-order valence-corrected chi connectivity index (χ2v) is 8.04. The molecule has 1 aromatic heterocycles. The highest BCUT2D eigenvalue weighted by molar-refractivity contribution is 5.80. The van der Waals surface area contributed by atoms with Crippen LogP contribution in [-0.4, -0.2) is 10.1 Å². The Morgan fingerprint density at radius 3 is 1.68 bits per heavy atom. The van der Waals surface area contributed by atoms with Gasteiger partial charge in [-0.2, -0.15) is 0 Å². The lowest BCUT2D eigenvalue weighted by Crippen LogP contribution is -2.26. The molecule has 25 heavy (non-hydrogen) atoms. The van der Waals surface area contributed by atoms with Crippen molar-refractivity contribution < 1.29 is 5.11 Å². The number of hydrogen-bond acceptors (Lipinski definition) is 1. The number of rotatable bonds is 1. The zero-order valence-electron chi connectivity index (χ0n) is 15.7. The van der Waals surface area contributed by atoms with Gasteiger partial charge in [0.15, 0.2) is 0 Å². The maximum Gasteiger partial charge on any atom is 0.104 e. The van der Waals surface area contributed by atoms with Crippen LogP contribution in [0, 0.1) is 0 Å². The van der Waals surface area contributed by atoms with Gasteiger partial charge in [-0.1, -0.05) is 95.2 Å². The molecule has 0 aliphatic heterocycles. The molecule has 0 spiro atoms. The average Bonchev–Trinajstić information content (AvgIpc) is 3.06. The highest BCUT2D eigenvalue weighted by Crippen LogP contribution is 2.34. The van der Waals surface area contributed by atoms with E-state index in [9.17, 15) is 5.11 Å². The zero-order valence-corrected chi connectivity index (χ0v) is 15.7. The quantitative estimate of drug-likeness (QED) is 0.586. The maximum atomic E-state index is 11.5. The van der Waals surface area contributed by atoms with Crippen molar-refractivity contribution in [1.82, 2.24) is 4.98 Å². The van der Waals surface area contributed by atoms with Gasteiger partial charge in [-0.25, -0.2) is 0 Å². The number of benzene rings is 1. The first-order valence-corrected chi connectivity index (χ1v) is 10.6. The minimum atomic E-state index is -0.681. The summed E-state index contributed by atoms with van der Waals surface area (Å²) >= 11 is 0. The lowest BCUT2D eigenvalue weighted by Gasteiger charge is -2.27. The summed E-state index contributed by atoms with van der Waals surface area (Å²) in [6.45, 7) is 0. The third-order valence-electron chi connectivity index (χ3n) is 5.96. The van der Waals surface area contributed by atoms with Crippen LogP contribution in [0.25, 0.3) is 10.9 Å². The third kappa shape index (κ3) is 5.34. The lowest BCUT2D eigenvalue weighted by molar-refractivity contribution is 0.00976. The largest absolute Gasteiger partial charge is 0.384 e. The van der Waals surface area contributed by atoms with Gasteiger partial charge in [0.05, 0.1) is 0 Å². The van der Waals surface area contributed by atoms with E-state index in [0.717, 1.165) is 36.9 Å². The molecular weight excluding hydrogens is 306 g/mol. The number of H-pyrrole nitrogens is 1. The molecule has 0 radical (unpaired) electrons.